The van der Waals surface area contributed by atoms with Gasteiger partial charge < -0.3 is 4.57 Å². The third kappa shape index (κ3) is 2.04. The van der Waals surface area contributed by atoms with Crippen molar-refractivity contribution in [3.05, 3.63) is 60.6 Å². The van der Waals surface area contributed by atoms with Crippen molar-refractivity contribution in [2.45, 2.75) is 13.0 Å². The minimum Gasteiger partial charge on any atom is -0.315 e. The Morgan fingerprint density at radius 1 is 0.941 bits per heavy atom. The molecule has 0 atom stereocenters. The highest BCUT2D eigenvalue weighted by Crippen LogP contribution is 2.10. The molecule has 0 saturated carbocycles. The molecule has 17 heavy (non-hydrogen) atoms. The first-order valence-corrected chi connectivity index (χ1v) is 5.73. The molecule has 84 valence electrons. The summed E-state index contributed by atoms with van der Waals surface area (Å²) in [5.74, 6) is 0. The minimum atomic E-state index is 0.914. The van der Waals surface area contributed by atoms with Crippen LogP contribution in [0.15, 0.2) is 55.0 Å². The van der Waals surface area contributed by atoms with Gasteiger partial charge in [0.05, 0.1) is 6.33 Å². The van der Waals surface area contributed by atoms with Gasteiger partial charge in [0.25, 0.3) is 0 Å². The molecule has 0 bridgehead atoms. The summed E-state index contributed by atoms with van der Waals surface area (Å²) < 4.78 is 2.10. The topological polar surface area (TPSA) is 30.7 Å². The van der Waals surface area contributed by atoms with E-state index in [4.69, 9.17) is 0 Å². The van der Waals surface area contributed by atoms with Gasteiger partial charge in [-0.25, -0.2) is 9.97 Å². The number of fused-ring (bicyclic) bond motifs is 1. The van der Waals surface area contributed by atoms with Gasteiger partial charge in [-0.1, -0.05) is 30.3 Å². The van der Waals surface area contributed by atoms with Gasteiger partial charge in [-0.3, -0.25) is 0 Å². The predicted molar refractivity (Wildman–Crippen MR) is 67.7 cm³/mol. The SMILES string of the molecule is c1ccc(CCn2cnc3cccnc32)cc1. The number of pyridine rings is 1. The van der Waals surface area contributed by atoms with Crippen molar-refractivity contribution in [3.63, 3.8) is 0 Å². The Labute approximate surface area is 99.8 Å². The summed E-state index contributed by atoms with van der Waals surface area (Å²) in [6, 6.07) is 14.4. The molecule has 0 unspecified atom stereocenters. The van der Waals surface area contributed by atoms with Crippen LogP contribution in [0.1, 0.15) is 5.56 Å². The zero-order valence-electron chi connectivity index (χ0n) is 9.45. The van der Waals surface area contributed by atoms with Crippen LogP contribution in [-0.2, 0) is 13.0 Å². The fourth-order valence-corrected chi connectivity index (χ4v) is 1.95. The molecule has 0 fully saturated rings. The van der Waals surface area contributed by atoms with E-state index in [9.17, 15) is 0 Å². The van der Waals surface area contributed by atoms with Crippen LogP contribution in [0.25, 0.3) is 11.2 Å². The molecule has 0 radical (unpaired) electrons. The van der Waals surface area contributed by atoms with Gasteiger partial charge in [-0.05, 0) is 24.1 Å². The summed E-state index contributed by atoms with van der Waals surface area (Å²) in [5, 5.41) is 0. The first-order valence-electron chi connectivity index (χ1n) is 5.73. The molecule has 0 aliphatic carbocycles. The number of hydrogen-bond acceptors (Lipinski definition) is 2. The van der Waals surface area contributed by atoms with Crippen LogP contribution in [0.4, 0.5) is 0 Å². The lowest BCUT2D eigenvalue weighted by molar-refractivity contribution is 0.709. The summed E-state index contributed by atoms with van der Waals surface area (Å²) in [5.41, 5.74) is 3.26. The van der Waals surface area contributed by atoms with E-state index in [1.807, 2.05) is 30.7 Å². The van der Waals surface area contributed by atoms with E-state index in [1.165, 1.54) is 5.56 Å². The molecule has 2 heterocycles. The smallest absolute Gasteiger partial charge is 0.159 e. The van der Waals surface area contributed by atoms with Crippen molar-refractivity contribution in [2.24, 2.45) is 0 Å². The Balaban J connectivity index is 1.82. The molecule has 0 N–H and O–H groups in total. The van der Waals surface area contributed by atoms with Gasteiger partial charge in [0.2, 0.25) is 0 Å². The fourth-order valence-electron chi connectivity index (χ4n) is 1.95. The molecular formula is C14H13N3. The molecule has 0 aliphatic rings. The maximum Gasteiger partial charge on any atom is 0.159 e. The molecule has 3 rings (SSSR count). The van der Waals surface area contributed by atoms with Gasteiger partial charge in [0.1, 0.15) is 5.52 Å². The molecule has 3 heteroatoms. The van der Waals surface area contributed by atoms with Crippen molar-refractivity contribution in [3.8, 4) is 0 Å². The van der Waals surface area contributed by atoms with Crippen molar-refractivity contribution in [1.82, 2.24) is 14.5 Å². The second-order valence-corrected chi connectivity index (χ2v) is 4.02. The summed E-state index contributed by atoms with van der Waals surface area (Å²) in [6.45, 7) is 0.914. The molecule has 0 saturated heterocycles. The first-order chi connectivity index (χ1) is 8.43. The summed E-state index contributed by atoms with van der Waals surface area (Å²) in [7, 11) is 0. The van der Waals surface area contributed by atoms with Crippen molar-refractivity contribution >= 4 is 11.2 Å². The lowest BCUT2D eigenvalue weighted by atomic mass is 10.1. The van der Waals surface area contributed by atoms with Crippen LogP contribution in [0.3, 0.4) is 0 Å². The monoisotopic (exact) mass is 223 g/mol. The Morgan fingerprint density at radius 3 is 2.71 bits per heavy atom. The van der Waals surface area contributed by atoms with E-state index < -0.39 is 0 Å². The quantitative estimate of drug-likeness (QED) is 0.683. The Morgan fingerprint density at radius 2 is 1.82 bits per heavy atom. The van der Waals surface area contributed by atoms with Crippen LogP contribution in [0.2, 0.25) is 0 Å². The highest BCUT2D eigenvalue weighted by atomic mass is 15.1. The van der Waals surface area contributed by atoms with E-state index in [1.54, 1.807) is 0 Å². The standard InChI is InChI=1S/C14H13N3/c1-2-5-12(6-3-1)8-10-17-11-16-13-7-4-9-15-14(13)17/h1-7,9,11H,8,10H2. The highest BCUT2D eigenvalue weighted by molar-refractivity contribution is 5.69. The zero-order chi connectivity index (χ0) is 11.5. The van der Waals surface area contributed by atoms with E-state index in [0.717, 1.165) is 24.1 Å². The van der Waals surface area contributed by atoms with Gasteiger partial charge in [0, 0.05) is 12.7 Å². The van der Waals surface area contributed by atoms with Crippen LogP contribution in [0, 0.1) is 0 Å². The van der Waals surface area contributed by atoms with Crippen molar-refractivity contribution < 1.29 is 0 Å². The van der Waals surface area contributed by atoms with Gasteiger partial charge in [-0.15, -0.1) is 0 Å². The van der Waals surface area contributed by atoms with E-state index in [2.05, 4.69) is 38.8 Å². The third-order valence-corrected chi connectivity index (χ3v) is 2.86. The number of aromatic nitrogens is 3. The maximum atomic E-state index is 4.35. The Hall–Kier alpha value is -2.16. The average Bonchev–Trinajstić information content (AvgIpc) is 2.81. The molecule has 2 aromatic heterocycles. The number of rotatable bonds is 3. The van der Waals surface area contributed by atoms with Crippen molar-refractivity contribution in [1.29, 1.82) is 0 Å². The van der Waals surface area contributed by atoms with Crippen LogP contribution >= 0.6 is 0 Å². The third-order valence-electron chi connectivity index (χ3n) is 2.86. The van der Waals surface area contributed by atoms with E-state index >= 15 is 0 Å². The van der Waals surface area contributed by atoms with E-state index in [-0.39, 0.29) is 0 Å². The van der Waals surface area contributed by atoms with Gasteiger partial charge in [-0.2, -0.15) is 0 Å². The lowest BCUT2D eigenvalue weighted by Crippen LogP contribution is -2.00. The molecular weight excluding hydrogens is 210 g/mol. The molecule has 3 nitrogen and oxygen atoms in total. The molecule has 0 amide bonds. The lowest BCUT2D eigenvalue weighted by Gasteiger charge is -2.03. The molecule has 3 aromatic rings. The van der Waals surface area contributed by atoms with Crippen LogP contribution in [0.5, 0.6) is 0 Å². The fraction of sp³-hybridized carbons (Fsp3) is 0.143. The maximum absolute atomic E-state index is 4.35. The van der Waals surface area contributed by atoms with Gasteiger partial charge >= 0.3 is 0 Å². The summed E-state index contributed by atoms with van der Waals surface area (Å²) in [6.07, 6.45) is 4.67. The van der Waals surface area contributed by atoms with Gasteiger partial charge in [0.15, 0.2) is 5.65 Å². The number of aryl methyl sites for hydroxylation is 2. The van der Waals surface area contributed by atoms with Crippen LogP contribution in [-0.4, -0.2) is 14.5 Å². The minimum absolute atomic E-state index is 0.914. The van der Waals surface area contributed by atoms with Crippen molar-refractivity contribution in [2.75, 3.05) is 0 Å². The Kier molecular flexibility index (Phi) is 2.58. The second kappa shape index (κ2) is 4.37. The number of nitrogens with zero attached hydrogens (tertiary/aromatic N) is 3. The zero-order valence-corrected chi connectivity index (χ0v) is 9.45. The molecule has 1 aromatic carbocycles. The van der Waals surface area contributed by atoms with E-state index in [0.29, 0.717) is 0 Å². The first kappa shape index (κ1) is 10.0. The average molecular weight is 223 g/mol. The number of benzene rings is 1. The predicted octanol–water partition coefficient (Wildman–Crippen LogP) is 2.67. The number of hydrogen-bond donors (Lipinski definition) is 0. The highest BCUT2D eigenvalue weighted by Gasteiger charge is 2.02. The second-order valence-electron chi connectivity index (χ2n) is 4.02. The molecule has 0 spiro atoms. The van der Waals surface area contributed by atoms with Crippen LogP contribution < -0.4 is 0 Å². The molecule has 0 aliphatic heterocycles. The largest absolute Gasteiger partial charge is 0.315 e. The normalized spacial score (nSPS) is 10.8. The summed E-state index contributed by atoms with van der Waals surface area (Å²) in [4.78, 5) is 8.69. The summed E-state index contributed by atoms with van der Waals surface area (Å²) >= 11 is 0. The number of imidazole rings is 1. The Bertz CT molecular complexity index is 613.